The van der Waals surface area contributed by atoms with E-state index in [1.165, 1.54) is 11.3 Å². The van der Waals surface area contributed by atoms with Crippen LogP contribution in [0.15, 0.2) is 53.0 Å². The molecule has 9 heteroatoms. The molecule has 8 nitrogen and oxygen atoms in total. The number of hydrogen-bond acceptors (Lipinski definition) is 8. The normalized spacial score (nSPS) is 12.6. The number of fused-ring (bicyclic) bond motifs is 1. The standard InChI is InChI=1S/C25H31N7OS/c1-5-21(31(12-11-30(3)4)15-20-13-26-18(2)27-14-20)23-29-24-22(28-17-34-24)25(33)32(23)16-19-9-7-6-8-10-19/h6-10,13-14,17,21H,5,11-12,15-16H2,1-4H3. The average Bonchev–Trinajstić information content (AvgIpc) is 3.31. The zero-order valence-corrected chi connectivity index (χ0v) is 21.0. The van der Waals surface area contributed by atoms with Gasteiger partial charge in [0.05, 0.1) is 18.1 Å². The predicted octanol–water partition coefficient (Wildman–Crippen LogP) is 3.51. The fraction of sp³-hybridized carbons (Fsp3) is 0.400. The average molecular weight is 478 g/mol. The molecular weight excluding hydrogens is 446 g/mol. The maximum absolute atomic E-state index is 13.5. The summed E-state index contributed by atoms with van der Waals surface area (Å²) in [6, 6.07) is 9.99. The van der Waals surface area contributed by atoms with E-state index in [0.717, 1.165) is 42.3 Å². The summed E-state index contributed by atoms with van der Waals surface area (Å²) in [5.41, 5.74) is 4.15. The minimum Gasteiger partial charge on any atom is -0.308 e. The summed E-state index contributed by atoms with van der Waals surface area (Å²) in [7, 11) is 4.14. The van der Waals surface area contributed by atoms with Crippen molar-refractivity contribution < 1.29 is 0 Å². The molecule has 0 fully saturated rings. The van der Waals surface area contributed by atoms with E-state index >= 15 is 0 Å². The molecule has 3 heterocycles. The van der Waals surface area contributed by atoms with E-state index in [2.05, 4.69) is 45.8 Å². The zero-order valence-electron chi connectivity index (χ0n) is 20.2. The third-order valence-electron chi connectivity index (χ3n) is 5.85. The molecule has 0 spiro atoms. The van der Waals surface area contributed by atoms with E-state index in [0.29, 0.717) is 23.4 Å². The lowest BCUT2D eigenvalue weighted by Gasteiger charge is -2.32. The molecule has 4 aromatic rings. The molecule has 1 unspecified atom stereocenters. The van der Waals surface area contributed by atoms with Crippen molar-refractivity contribution in [2.24, 2.45) is 0 Å². The predicted molar refractivity (Wildman–Crippen MR) is 136 cm³/mol. The lowest BCUT2D eigenvalue weighted by Crippen LogP contribution is -2.38. The van der Waals surface area contributed by atoms with Gasteiger partial charge in [0.1, 0.15) is 11.6 Å². The molecule has 3 aromatic heterocycles. The van der Waals surface area contributed by atoms with Crippen molar-refractivity contribution in [2.75, 3.05) is 27.2 Å². The first-order valence-electron chi connectivity index (χ1n) is 11.5. The highest BCUT2D eigenvalue weighted by Crippen LogP contribution is 2.26. The van der Waals surface area contributed by atoms with Crippen LogP contribution >= 0.6 is 11.3 Å². The van der Waals surface area contributed by atoms with Crippen LogP contribution in [0.25, 0.3) is 10.3 Å². The van der Waals surface area contributed by atoms with Gasteiger partial charge in [0.15, 0.2) is 10.3 Å². The lowest BCUT2D eigenvalue weighted by molar-refractivity contribution is 0.155. The minimum atomic E-state index is -0.0882. The Balaban J connectivity index is 1.79. The summed E-state index contributed by atoms with van der Waals surface area (Å²) in [6.07, 6.45) is 4.58. The van der Waals surface area contributed by atoms with Crippen LogP contribution in [0, 0.1) is 6.92 Å². The summed E-state index contributed by atoms with van der Waals surface area (Å²) >= 11 is 1.41. The smallest absolute Gasteiger partial charge is 0.281 e. The van der Waals surface area contributed by atoms with Gasteiger partial charge in [0.25, 0.3) is 5.56 Å². The lowest BCUT2D eigenvalue weighted by atomic mass is 10.1. The van der Waals surface area contributed by atoms with Crippen molar-refractivity contribution in [1.82, 2.24) is 34.3 Å². The Morgan fingerprint density at radius 2 is 1.76 bits per heavy atom. The van der Waals surface area contributed by atoms with E-state index in [-0.39, 0.29) is 11.6 Å². The first-order chi connectivity index (χ1) is 16.5. The topological polar surface area (TPSA) is 80.0 Å². The molecule has 0 saturated carbocycles. The number of likely N-dealkylation sites (N-methyl/N-ethyl adjacent to an activating group) is 1. The van der Waals surface area contributed by atoms with Gasteiger partial charge < -0.3 is 4.90 Å². The second-order valence-corrected chi connectivity index (χ2v) is 9.52. The fourth-order valence-electron chi connectivity index (χ4n) is 4.05. The van der Waals surface area contributed by atoms with Gasteiger partial charge in [-0.1, -0.05) is 37.3 Å². The monoisotopic (exact) mass is 477 g/mol. The Kier molecular flexibility index (Phi) is 7.77. The minimum absolute atomic E-state index is 0.0517. The number of nitrogens with zero attached hydrogens (tertiary/aromatic N) is 7. The van der Waals surface area contributed by atoms with Gasteiger partial charge in [-0.2, -0.15) is 0 Å². The van der Waals surface area contributed by atoms with E-state index in [1.807, 2.05) is 49.6 Å². The van der Waals surface area contributed by atoms with Crippen molar-refractivity contribution in [3.05, 3.63) is 81.4 Å². The first kappa shape index (κ1) is 24.1. The van der Waals surface area contributed by atoms with Gasteiger partial charge in [-0.05, 0) is 33.0 Å². The van der Waals surface area contributed by atoms with Crippen LogP contribution in [0.4, 0.5) is 0 Å². The summed E-state index contributed by atoms with van der Waals surface area (Å²) in [6.45, 7) is 6.87. The van der Waals surface area contributed by atoms with Crippen molar-refractivity contribution in [3.63, 3.8) is 0 Å². The summed E-state index contributed by atoms with van der Waals surface area (Å²) < 4.78 is 1.81. The molecule has 0 aliphatic carbocycles. The number of thiazole rings is 1. The van der Waals surface area contributed by atoms with Crippen molar-refractivity contribution in [1.29, 1.82) is 0 Å². The van der Waals surface area contributed by atoms with Gasteiger partial charge in [0, 0.05) is 37.6 Å². The summed E-state index contributed by atoms with van der Waals surface area (Å²) in [5.74, 6) is 1.53. The molecule has 0 amide bonds. The van der Waals surface area contributed by atoms with Crippen LogP contribution < -0.4 is 5.56 Å². The van der Waals surface area contributed by atoms with Crippen molar-refractivity contribution in [2.45, 2.75) is 39.4 Å². The van der Waals surface area contributed by atoms with E-state index in [9.17, 15) is 4.79 Å². The highest BCUT2D eigenvalue weighted by Gasteiger charge is 2.26. The zero-order chi connectivity index (χ0) is 24.1. The number of benzene rings is 1. The first-order valence-corrected chi connectivity index (χ1v) is 12.4. The molecule has 0 bridgehead atoms. The third kappa shape index (κ3) is 5.55. The fourth-order valence-corrected chi connectivity index (χ4v) is 4.70. The Labute approximate surface area is 204 Å². The molecule has 4 rings (SSSR count). The van der Waals surface area contributed by atoms with E-state index in [1.54, 1.807) is 10.1 Å². The molecule has 34 heavy (non-hydrogen) atoms. The Morgan fingerprint density at radius 1 is 1.03 bits per heavy atom. The Bertz CT molecular complexity index is 1270. The van der Waals surface area contributed by atoms with Crippen molar-refractivity contribution >= 4 is 21.7 Å². The van der Waals surface area contributed by atoms with Crippen molar-refractivity contribution in [3.8, 4) is 0 Å². The van der Waals surface area contributed by atoms with Crippen LogP contribution in [0.1, 0.15) is 42.2 Å². The van der Waals surface area contributed by atoms with Crippen LogP contribution in [0.2, 0.25) is 0 Å². The SMILES string of the molecule is CCC(c1nc2scnc2c(=O)n1Cc1ccccc1)N(CCN(C)C)Cc1cnc(C)nc1. The van der Waals surface area contributed by atoms with Gasteiger partial charge in [0.2, 0.25) is 0 Å². The van der Waals surface area contributed by atoms with Gasteiger partial charge in [-0.25, -0.2) is 19.9 Å². The molecule has 0 aliphatic heterocycles. The Hall–Kier alpha value is -3.01. The van der Waals surface area contributed by atoms with Crippen LogP contribution in [0.3, 0.4) is 0 Å². The second-order valence-electron chi connectivity index (χ2n) is 8.69. The number of rotatable bonds is 10. The van der Waals surface area contributed by atoms with Crippen LogP contribution in [-0.4, -0.2) is 61.5 Å². The van der Waals surface area contributed by atoms with E-state index in [4.69, 9.17) is 4.98 Å². The molecule has 0 aliphatic rings. The molecule has 0 saturated heterocycles. The van der Waals surface area contributed by atoms with Gasteiger partial charge in [-0.15, -0.1) is 11.3 Å². The molecule has 0 N–H and O–H groups in total. The molecular formula is C25H31N7OS. The van der Waals surface area contributed by atoms with Gasteiger partial charge >= 0.3 is 0 Å². The molecule has 1 atom stereocenters. The molecule has 0 radical (unpaired) electrons. The summed E-state index contributed by atoms with van der Waals surface area (Å²) in [5, 5.41) is 0. The quantitative estimate of drug-likeness (QED) is 0.346. The maximum atomic E-state index is 13.5. The van der Waals surface area contributed by atoms with Gasteiger partial charge in [-0.3, -0.25) is 14.3 Å². The maximum Gasteiger partial charge on any atom is 0.281 e. The Morgan fingerprint density at radius 3 is 2.44 bits per heavy atom. The molecule has 178 valence electrons. The highest BCUT2D eigenvalue weighted by molar-refractivity contribution is 7.16. The number of aromatic nitrogens is 5. The van der Waals surface area contributed by atoms with Crippen LogP contribution in [0.5, 0.6) is 0 Å². The van der Waals surface area contributed by atoms with Crippen LogP contribution in [-0.2, 0) is 13.1 Å². The molecule has 1 aromatic carbocycles. The number of hydrogen-bond donors (Lipinski definition) is 0. The number of aryl methyl sites for hydroxylation is 1. The highest BCUT2D eigenvalue weighted by atomic mass is 32.1. The second kappa shape index (κ2) is 10.9. The summed E-state index contributed by atoms with van der Waals surface area (Å²) in [4.78, 5) is 36.9. The largest absolute Gasteiger partial charge is 0.308 e. The van der Waals surface area contributed by atoms with E-state index < -0.39 is 0 Å². The third-order valence-corrected chi connectivity index (χ3v) is 6.57.